The van der Waals surface area contributed by atoms with Gasteiger partial charge in [-0.2, -0.15) is 0 Å². The van der Waals surface area contributed by atoms with E-state index < -0.39 is 23.8 Å². The summed E-state index contributed by atoms with van der Waals surface area (Å²) in [5.74, 6) is 0. The molecule has 7 nitrogen and oxygen atoms in total. The van der Waals surface area contributed by atoms with E-state index in [0.717, 1.165) is 53.8 Å². The van der Waals surface area contributed by atoms with Gasteiger partial charge >= 0.3 is 6.09 Å². The second-order valence-corrected chi connectivity index (χ2v) is 16.4. The average Bonchev–Trinajstić information content (AvgIpc) is 3.18. The molecule has 3 unspecified atom stereocenters. The van der Waals surface area contributed by atoms with Gasteiger partial charge < -0.3 is 20.9 Å². The van der Waals surface area contributed by atoms with Gasteiger partial charge in [-0.25, -0.2) is 4.79 Å². The molecule has 7 heteroatoms. The number of nitrogens with one attached hydrogen (secondary N) is 1. The summed E-state index contributed by atoms with van der Waals surface area (Å²) in [5, 5.41) is 14.2. The molecule has 6 rings (SSSR count). The molecule has 0 saturated carbocycles. The number of aliphatic hydroxyl groups excluding tert-OH is 1. The number of alkyl carbamates (subject to hydrolysis) is 1. The topological polar surface area (TPSA) is 110 Å². The summed E-state index contributed by atoms with van der Waals surface area (Å²) >= 11 is 0. The summed E-state index contributed by atoms with van der Waals surface area (Å²) in [6, 6.07) is 40.8. The van der Waals surface area contributed by atoms with E-state index in [9.17, 15) is 9.90 Å². The maximum absolute atomic E-state index is 12.5. The summed E-state index contributed by atoms with van der Waals surface area (Å²) in [6.07, 6.45) is 6.04. The van der Waals surface area contributed by atoms with Crippen LogP contribution in [0.3, 0.4) is 0 Å². The third-order valence-corrected chi connectivity index (χ3v) is 10.2. The monoisotopic (exact) mass is 776 g/mol. The highest BCUT2D eigenvalue weighted by Crippen LogP contribution is 2.24. The highest BCUT2D eigenvalue weighted by Gasteiger charge is 2.27. The Labute approximate surface area is 345 Å². The number of ether oxygens (including phenoxy) is 1. The SMILES string of the molecule is Cc1ccccc1CC(N)Cc1cnc(Cc2ccccc2)c(C)c1.Cc1ccccc1CC(NC(=O)OC(C)(C)C)C(O)c1cnc(Cc2ccccc2)c(C)c1. The molecule has 0 saturated heterocycles. The predicted octanol–water partition coefficient (Wildman–Crippen LogP) is 9.86. The van der Waals surface area contributed by atoms with Crippen molar-refractivity contribution in [2.45, 2.75) is 104 Å². The predicted molar refractivity (Wildman–Crippen MR) is 236 cm³/mol. The van der Waals surface area contributed by atoms with Gasteiger partial charge in [-0.05, 0) is 118 Å². The van der Waals surface area contributed by atoms with Crippen molar-refractivity contribution in [2.24, 2.45) is 5.73 Å². The van der Waals surface area contributed by atoms with Crippen molar-refractivity contribution in [1.29, 1.82) is 0 Å². The van der Waals surface area contributed by atoms with Crippen LogP contribution in [0.4, 0.5) is 4.79 Å². The van der Waals surface area contributed by atoms with E-state index in [2.05, 4.69) is 90.9 Å². The van der Waals surface area contributed by atoms with Crippen molar-refractivity contribution in [3.63, 3.8) is 0 Å². The summed E-state index contributed by atoms with van der Waals surface area (Å²) in [5.41, 5.74) is 19.3. The fraction of sp³-hybridized carbons (Fsp3) is 0.314. The Bertz CT molecular complexity index is 2220. The van der Waals surface area contributed by atoms with Crippen molar-refractivity contribution in [1.82, 2.24) is 15.3 Å². The van der Waals surface area contributed by atoms with Crippen LogP contribution < -0.4 is 11.1 Å². The van der Waals surface area contributed by atoms with Gasteiger partial charge in [-0.1, -0.05) is 121 Å². The Kier molecular flexibility index (Phi) is 15.5. The third-order valence-electron chi connectivity index (χ3n) is 10.2. The van der Waals surface area contributed by atoms with Crippen LogP contribution in [0.1, 0.15) is 93.9 Å². The standard InChI is InChI=1S/C28H34N2O3.C23H26N2/c1-19-11-9-10-14-22(19)17-25(30-27(32)33-28(3,4)5)26(31)23-15-20(2)24(29-18-23)16-21-12-7-6-8-13-21;1-17-8-6-7-11-21(17)15-22(24)13-20-12-18(2)23(25-16-20)14-19-9-4-3-5-10-19/h6-15,18,25-26,31H,16-17H2,1-5H3,(H,30,32);3-12,16,22H,13-15,24H2,1-2H3. The molecule has 2 heterocycles. The van der Waals surface area contributed by atoms with E-state index in [0.29, 0.717) is 12.0 Å². The van der Waals surface area contributed by atoms with E-state index in [1.807, 2.05) is 95.4 Å². The van der Waals surface area contributed by atoms with Crippen LogP contribution in [0.2, 0.25) is 0 Å². The van der Waals surface area contributed by atoms with Crippen molar-refractivity contribution in [2.75, 3.05) is 0 Å². The van der Waals surface area contributed by atoms with Crippen molar-refractivity contribution < 1.29 is 14.6 Å². The Morgan fingerprint density at radius 3 is 1.62 bits per heavy atom. The van der Waals surface area contributed by atoms with E-state index in [1.165, 1.54) is 33.4 Å². The smallest absolute Gasteiger partial charge is 0.407 e. The molecule has 58 heavy (non-hydrogen) atoms. The molecule has 0 bridgehead atoms. The summed E-state index contributed by atoms with van der Waals surface area (Å²) < 4.78 is 5.45. The van der Waals surface area contributed by atoms with Crippen LogP contribution in [-0.2, 0) is 36.8 Å². The normalized spacial score (nSPS) is 12.8. The number of aliphatic hydroxyl groups is 1. The summed E-state index contributed by atoms with van der Waals surface area (Å²) in [6.45, 7) is 13.8. The second kappa shape index (κ2) is 20.7. The molecule has 0 aliphatic heterocycles. The first-order chi connectivity index (χ1) is 27.7. The Balaban J connectivity index is 0.000000229. The number of nitrogens with zero attached hydrogens (tertiary/aromatic N) is 2. The van der Waals surface area contributed by atoms with Gasteiger partial charge in [0.25, 0.3) is 0 Å². The first-order valence-electron chi connectivity index (χ1n) is 20.2. The lowest BCUT2D eigenvalue weighted by atomic mass is 9.93. The minimum Gasteiger partial charge on any atom is -0.444 e. The zero-order chi connectivity index (χ0) is 41.7. The number of hydrogen-bond acceptors (Lipinski definition) is 6. The van der Waals surface area contributed by atoms with Gasteiger partial charge in [0, 0.05) is 48.2 Å². The number of carbonyl (C=O) groups excluding carboxylic acids is 1. The lowest BCUT2D eigenvalue weighted by molar-refractivity contribution is 0.0420. The number of pyridine rings is 2. The molecule has 0 fully saturated rings. The van der Waals surface area contributed by atoms with Crippen LogP contribution in [0.15, 0.2) is 134 Å². The molecule has 6 aromatic rings. The molecule has 3 atom stereocenters. The molecular weight excluding hydrogens is 717 g/mol. The molecule has 0 aliphatic rings. The second-order valence-electron chi connectivity index (χ2n) is 16.4. The van der Waals surface area contributed by atoms with Crippen molar-refractivity contribution in [3.05, 3.63) is 201 Å². The van der Waals surface area contributed by atoms with Gasteiger partial charge in [-0.3, -0.25) is 9.97 Å². The van der Waals surface area contributed by atoms with Gasteiger partial charge in [-0.15, -0.1) is 0 Å². The minimum atomic E-state index is -0.936. The van der Waals surface area contributed by atoms with E-state index in [1.54, 1.807) is 6.20 Å². The van der Waals surface area contributed by atoms with Gasteiger partial charge in [0.1, 0.15) is 11.7 Å². The Morgan fingerprint density at radius 1 is 0.638 bits per heavy atom. The largest absolute Gasteiger partial charge is 0.444 e. The maximum atomic E-state index is 12.5. The number of nitrogens with two attached hydrogens (primary N) is 1. The molecule has 4 aromatic carbocycles. The highest BCUT2D eigenvalue weighted by molar-refractivity contribution is 5.68. The lowest BCUT2D eigenvalue weighted by Crippen LogP contribution is -2.43. The first kappa shape index (κ1) is 43.5. The molecule has 0 spiro atoms. The number of benzene rings is 4. The molecule has 0 radical (unpaired) electrons. The number of hydrogen-bond donors (Lipinski definition) is 3. The lowest BCUT2D eigenvalue weighted by Gasteiger charge is -2.27. The number of carbonyl (C=O) groups is 1. The van der Waals surface area contributed by atoms with Crippen molar-refractivity contribution in [3.8, 4) is 0 Å². The average molecular weight is 777 g/mol. The first-order valence-corrected chi connectivity index (χ1v) is 20.2. The van der Waals surface area contributed by atoms with Crippen LogP contribution in [0, 0.1) is 27.7 Å². The van der Waals surface area contributed by atoms with Gasteiger partial charge in [0.05, 0.1) is 6.04 Å². The van der Waals surface area contributed by atoms with E-state index in [4.69, 9.17) is 15.5 Å². The number of rotatable bonds is 13. The molecule has 0 aliphatic carbocycles. The van der Waals surface area contributed by atoms with Crippen LogP contribution >= 0.6 is 0 Å². The molecule has 4 N–H and O–H groups in total. The summed E-state index contributed by atoms with van der Waals surface area (Å²) in [4.78, 5) is 21.9. The molecular formula is C51H60N4O3. The van der Waals surface area contributed by atoms with Crippen LogP contribution in [-0.4, -0.2) is 38.9 Å². The quantitative estimate of drug-likeness (QED) is 0.108. The Hall–Kier alpha value is -5.63. The molecule has 2 aromatic heterocycles. The highest BCUT2D eigenvalue weighted by atomic mass is 16.6. The minimum absolute atomic E-state index is 0.113. The van der Waals surface area contributed by atoms with Crippen LogP contribution in [0.25, 0.3) is 0 Å². The zero-order valence-electron chi connectivity index (χ0n) is 35.2. The molecule has 302 valence electrons. The Morgan fingerprint density at radius 2 is 1.12 bits per heavy atom. The number of amides is 1. The fourth-order valence-corrected chi connectivity index (χ4v) is 7.01. The van der Waals surface area contributed by atoms with Gasteiger partial charge in [0.15, 0.2) is 0 Å². The number of aryl methyl sites for hydroxylation is 4. The van der Waals surface area contributed by atoms with Crippen LogP contribution in [0.5, 0.6) is 0 Å². The third kappa shape index (κ3) is 13.5. The van der Waals surface area contributed by atoms with E-state index >= 15 is 0 Å². The van der Waals surface area contributed by atoms with E-state index in [-0.39, 0.29) is 6.04 Å². The maximum Gasteiger partial charge on any atom is 0.407 e. The van der Waals surface area contributed by atoms with Gasteiger partial charge in [0.2, 0.25) is 0 Å². The van der Waals surface area contributed by atoms with Crippen molar-refractivity contribution >= 4 is 6.09 Å². The fourth-order valence-electron chi connectivity index (χ4n) is 7.01. The zero-order valence-corrected chi connectivity index (χ0v) is 35.2. The molecule has 1 amide bonds. The summed E-state index contributed by atoms with van der Waals surface area (Å²) in [7, 11) is 0. The number of aromatic nitrogens is 2.